The molecule has 0 aliphatic rings. The van der Waals surface area contributed by atoms with E-state index in [9.17, 15) is 0 Å². The lowest BCUT2D eigenvalue weighted by atomic mass is 10.1. The predicted octanol–water partition coefficient (Wildman–Crippen LogP) is 3.50. The van der Waals surface area contributed by atoms with Crippen LogP contribution in [0.25, 0.3) is 0 Å². The Kier molecular flexibility index (Phi) is 3.49. The number of nitrogens with one attached hydrogen (secondary N) is 1. The van der Waals surface area contributed by atoms with Gasteiger partial charge in [0.05, 0.1) is 5.69 Å². The van der Waals surface area contributed by atoms with Crippen molar-refractivity contribution in [2.45, 2.75) is 0 Å². The van der Waals surface area contributed by atoms with Gasteiger partial charge in [-0.15, -0.1) is 0 Å². The molecule has 0 saturated carbocycles. The Labute approximate surface area is 104 Å². The second kappa shape index (κ2) is 5.24. The zero-order valence-corrected chi connectivity index (χ0v) is 9.92. The van der Waals surface area contributed by atoms with Crippen LogP contribution in [0.1, 0.15) is 11.1 Å². The average molecular weight is 238 g/mol. The van der Waals surface area contributed by atoms with Gasteiger partial charge in [0, 0.05) is 16.5 Å². The molecule has 0 saturated heterocycles. The summed E-state index contributed by atoms with van der Waals surface area (Å²) in [6.45, 7) is 3.49. The molecule has 2 aromatic rings. The van der Waals surface area contributed by atoms with E-state index < -0.39 is 0 Å². The largest absolute Gasteiger partial charge is 0.291 e. The zero-order chi connectivity index (χ0) is 12.1. The van der Waals surface area contributed by atoms with Crippen LogP contribution in [-0.4, -0.2) is 12.4 Å². The van der Waals surface area contributed by atoms with Crippen molar-refractivity contribution < 1.29 is 0 Å². The number of rotatable bonds is 2. The molecule has 2 rings (SSSR count). The summed E-state index contributed by atoms with van der Waals surface area (Å²) in [4.78, 5) is 3.88. The molecule has 1 aromatic carbocycles. The first kappa shape index (κ1) is 11.3. The van der Waals surface area contributed by atoms with Gasteiger partial charge in [0.2, 0.25) is 0 Å². The van der Waals surface area contributed by atoms with Gasteiger partial charge in [0.1, 0.15) is 5.71 Å². The van der Waals surface area contributed by atoms with E-state index in [0.29, 0.717) is 11.3 Å². The smallest absolute Gasteiger partial charge is 0.114 e. The summed E-state index contributed by atoms with van der Waals surface area (Å²) in [7, 11) is 0. The summed E-state index contributed by atoms with van der Waals surface area (Å²) in [6.07, 6.45) is 0. The molecule has 0 bridgehead atoms. The fraction of sp³-hybridized carbons (Fsp3) is 0. The number of aliphatic imine (C=N–C) groups is 1. The fourth-order valence-corrected chi connectivity index (χ4v) is 1.95. The number of hydrogen-bond donors (Lipinski definition) is 1. The molecule has 1 N–H and O–H groups in total. The molecule has 0 atom stereocenters. The van der Waals surface area contributed by atoms with E-state index in [1.54, 1.807) is 11.3 Å². The summed E-state index contributed by atoms with van der Waals surface area (Å²) in [6, 6.07) is 9.32. The molecule has 0 radical (unpaired) electrons. The van der Waals surface area contributed by atoms with E-state index in [-0.39, 0.29) is 5.71 Å². The third kappa shape index (κ3) is 2.68. The highest BCUT2D eigenvalue weighted by atomic mass is 32.1. The van der Waals surface area contributed by atoms with Crippen LogP contribution in [0.3, 0.4) is 0 Å². The average Bonchev–Trinajstić information content (AvgIpc) is 2.89. The van der Waals surface area contributed by atoms with Crippen molar-refractivity contribution in [3.63, 3.8) is 0 Å². The number of benzene rings is 1. The molecule has 3 heteroatoms. The lowest BCUT2D eigenvalue weighted by molar-refractivity contribution is 1.47. The van der Waals surface area contributed by atoms with E-state index in [1.807, 2.05) is 41.1 Å². The van der Waals surface area contributed by atoms with Crippen LogP contribution in [0.5, 0.6) is 0 Å². The standard InChI is InChI=1S/C14H10N2S/c1-16-14-5-3-2-4-12(14)13(15)7-6-11-8-9-17-10-11/h2-5,8-10,15H,1H2. The van der Waals surface area contributed by atoms with Gasteiger partial charge in [0.25, 0.3) is 0 Å². The molecule has 1 aromatic heterocycles. The quantitative estimate of drug-likeness (QED) is 0.614. The maximum atomic E-state index is 7.92. The molecule has 0 unspecified atom stereocenters. The highest BCUT2D eigenvalue weighted by Crippen LogP contribution is 2.17. The molecule has 0 spiro atoms. The summed E-state index contributed by atoms with van der Waals surface area (Å²) < 4.78 is 0. The Morgan fingerprint density at radius 3 is 2.82 bits per heavy atom. The second-order valence-corrected chi connectivity index (χ2v) is 4.09. The number of para-hydroxylation sites is 1. The highest BCUT2D eigenvalue weighted by molar-refractivity contribution is 7.08. The van der Waals surface area contributed by atoms with Crippen LogP contribution in [0.4, 0.5) is 5.69 Å². The first-order valence-corrected chi connectivity index (χ1v) is 5.94. The van der Waals surface area contributed by atoms with Crippen LogP contribution in [0, 0.1) is 17.3 Å². The topological polar surface area (TPSA) is 36.2 Å². The van der Waals surface area contributed by atoms with Crippen LogP contribution in [0.2, 0.25) is 0 Å². The lowest BCUT2D eigenvalue weighted by Crippen LogP contribution is -1.95. The van der Waals surface area contributed by atoms with Gasteiger partial charge in [-0.3, -0.25) is 10.4 Å². The van der Waals surface area contributed by atoms with Crippen molar-refractivity contribution in [2.24, 2.45) is 4.99 Å². The summed E-state index contributed by atoms with van der Waals surface area (Å²) in [5.74, 6) is 5.78. The molecule has 0 aliphatic heterocycles. The molecular weight excluding hydrogens is 228 g/mol. The van der Waals surface area contributed by atoms with Crippen LogP contribution < -0.4 is 0 Å². The number of hydrogen-bond acceptors (Lipinski definition) is 3. The third-order valence-corrected chi connectivity index (χ3v) is 2.88. The lowest BCUT2D eigenvalue weighted by Gasteiger charge is -2.00. The van der Waals surface area contributed by atoms with Gasteiger partial charge < -0.3 is 0 Å². The molecule has 0 amide bonds. The maximum absolute atomic E-state index is 7.92. The fourth-order valence-electron chi connectivity index (χ4n) is 1.36. The van der Waals surface area contributed by atoms with Gasteiger partial charge in [-0.1, -0.05) is 18.1 Å². The van der Waals surface area contributed by atoms with Gasteiger partial charge >= 0.3 is 0 Å². The first-order valence-electron chi connectivity index (χ1n) is 5.00. The van der Waals surface area contributed by atoms with Crippen molar-refractivity contribution >= 4 is 29.5 Å². The minimum atomic E-state index is 0.263. The van der Waals surface area contributed by atoms with E-state index in [4.69, 9.17) is 5.41 Å². The SMILES string of the molecule is C=Nc1ccccc1C(=N)C#Cc1ccsc1. The van der Waals surface area contributed by atoms with Crippen LogP contribution in [-0.2, 0) is 0 Å². The summed E-state index contributed by atoms with van der Waals surface area (Å²) in [5, 5.41) is 11.8. The Morgan fingerprint density at radius 1 is 1.29 bits per heavy atom. The molecule has 2 nitrogen and oxygen atoms in total. The normalized spacial score (nSPS) is 9.18. The van der Waals surface area contributed by atoms with Gasteiger partial charge in [-0.25, -0.2) is 0 Å². The molecule has 17 heavy (non-hydrogen) atoms. The van der Waals surface area contributed by atoms with Crippen LogP contribution >= 0.6 is 11.3 Å². The van der Waals surface area contributed by atoms with Crippen molar-refractivity contribution in [1.29, 1.82) is 5.41 Å². The first-order chi connectivity index (χ1) is 8.31. The Balaban J connectivity index is 2.29. The molecule has 82 valence electrons. The maximum Gasteiger partial charge on any atom is 0.114 e. The Hall–Kier alpha value is -2.18. The third-order valence-electron chi connectivity index (χ3n) is 2.20. The van der Waals surface area contributed by atoms with E-state index in [1.165, 1.54) is 0 Å². The van der Waals surface area contributed by atoms with Crippen LogP contribution in [0.15, 0.2) is 46.1 Å². The zero-order valence-electron chi connectivity index (χ0n) is 9.10. The minimum absolute atomic E-state index is 0.263. The van der Waals surface area contributed by atoms with Gasteiger partial charge in [0.15, 0.2) is 0 Å². The number of nitrogens with zero attached hydrogens (tertiary/aromatic N) is 1. The highest BCUT2D eigenvalue weighted by Gasteiger charge is 2.02. The molecule has 0 fully saturated rings. The Bertz CT molecular complexity index is 601. The van der Waals surface area contributed by atoms with Gasteiger partial charge in [-0.2, -0.15) is 11.3 Å². The molecule has 0 aliphatic carbocycles. The molecule has 1 heterocycles. The van der Waals surface area contributed by atoms with Crippen molar-refractivity contribution in [3.05, 3.63) is 52.2 Å². The molecular formula is C14H10N2S. The Morgan fingerprint density at radius 2 is 2.12 bits per heavy atom. The van der Waals surface area contributed by atoms with Crippen molar-refractivity contribution in [1.82, 2.24) is 0 Å². The van der Waals surface area contributed by atoms with Gasteiger partial charge in [-0.05, 0) is 36.2 Å². The monoisotopic (exact) mass is 238 g/mol. The van der Waals surface area contributed by atoms with Crippen molar-refractivity contribution in [2.75, 3.05) is 0 Å². The summed E-state index contributed by atoms with van der Waals surface area (Å²) >= 11 is 1.59. The van der Waals surface area contributed by atoms with Crippen molar-refractivity contribution in [3.8, 4) is 11.8 Å². The minimum Gasteiger partial charge on any atom is -0.291 e. The van der Waals surface area contributed by atoms with E-state index in [0.717, 1.165) is 5.56 Å². The van der Waals surface area contributed by atoms with E-state index in [2.05, 4.69) is 23.6 Å². The number of thiophene rings is 1. The second-order valence-electron chi connectivity index (χ2n) is 3.31. The predicted molar refractivity (Wildman–Crippen MR) is 73.7 cm³/mol. The van der Waals surface area contributed by atoms with E-state index >= 15 is 0 Å². The summed E-state index contributed by atoms with van der Waals surface area (Å²) in [5.41, 5.74) is 2.60.